The highest BCUT2D eigenvalue weighted by Gasteiger charge is 2.25. The highest BCUT2D eigenvalue weighted by molar-refractivity contribution is 5.96. The highest BCUT2D eigenvalue weighted by atomic mass is 16.3. The normalized spacial score (nSPS) is 12.2. The van der Waals surface area contributed by atoms with Crippen LogP contribution in [0.3, 0.4) is 0 Å². The van der Waals surface area contributed by atoms with Gasteiger partial charge in [-0.05, 0) is 26.8 Å². The summed E-state index contributed by atoms with van der Waals surface area (Å²) in [5.41, 5.74) is 2.92. The number of aryl methyl sites for hydroxylation is 2. The van der Waals surface area contributed by atoms with Gasteiger partial charge >= 0.3 is 0 Å². The van der Waals surface area contributed by atoms with Crippen LogP contribution in [0.1, 0.15) is 40.3 Å². The van der Waals surface area contributed by atoms with Gasteiger partial charge in [0.05, 0.1) is 17.3 Å². The van der Waals surface area contributed by atoms with Crippen LogP contribution in [0.15, 0.2) is 24.3 Å². The zero-order valence-electron chi connectivity index (χ0n) is 13.1. The molecular formula is C16H21N3O2. The average molecular weight is 287 g/mol. The van der Waals surface area contributed by atoms with Gasteiger partial charge in [0.15, 0.2) is 0 Å². The van der Waals surface area contributed by atoms with Crippen LogP contribution in [-0.4, -0.2) is 32.7 Å². The SMILES string of the molecule is Cc1nn(C)c(C)c1C(=O)N(C)C(C)c1ccccc1O. The first-order valence-electron chi connectivity index (χ1n) is 6.89. The zero-order chi connectivity index (χ0) is 15.7. The minimum atomic E-state index is -0.224. The molecule has 0 bridgehead atoms. The molecule has 1 unspecified atom stereocenters. The van der Waals surface area contributed by atoms with Gasteiger partial charge in [-0.2, -0.15) is 5.10 Å². The molecule has 2 aromatic rings. The third kappa shape index (κ3) is 2.63. The number of hydrogen-bond acceptors (Lipinski definition) is 3. The first kappa shape index (κ1) is 15.1. The minimum absolute atomic E-state index is 0.0890. The van der Waals surface area contributed by atoms with Crippen molar-refractivity contribution in [1.82, 2.24) is 14.7 Å². The van der Waals surface area contributed by atoms with Crippen LogP contribution in [0, 0.1) is 13.8 Å². The third-order valence-electron chi connectivity index (χ3n) is 4.01. The summed E-state index contributed by atoms with van der Waals surface area (Å²) in [6, 6.07) is 6.85. The standard InChI is InChI=1S/C16H21N3O2/c1-10-15(12(3)19(5)17-10)16(21)18(4)11(2)13-8-6-7-9-14(13)20/h6-9,11,20H,1-5H3. The fraction of sp³-hybridized carbons (Fsp3) is 0.375. The van der Waals surface area contributed by atoms with E-state index >= 15 is 0 Å². The molecule has 112 valence electrons. The van der Waals surface area contributed by atoms with E-state index in [0.29, 0.717) is 5.56 Å². The molecule has 0 saturated carbocycles. The molecule has 0 aliphatic rings. The van der Waals surface area contributed by atoms with E-state index < -0.39 is 0 Å². The van der Waals surface area contributed by atoms with Crippen molar-refractivity contribution in [3.05, 3.63) is 46.8 Å². The number of hydrogen-bond donors (Lipinski definition) is 1. The Morgan fingerprint density at radius 3 is 2.48 bits per heavy atom. The molecule has 21 heavy (non-hydrogen) atoms. The van der Waals surface area contributed by atoms with Crippen LogP contribution in [0.5, 0.6) is 5.75 Å². The summed E-state index contributed by atoms with van der Waals surface area (Å²) in [4.78, 5) is 14.3. The zero-order valence-corrected chi connectivity index (χ0v) is 13.1. The van der Waals surface area contributed by atoms with Gasteiger partial charge in [-0.25, -0.2) is 0 Å². The number of rotatable bonds is 3. The lowest BCUT2D eigenvalue weighted by atomic mass is 10.0. The molecule has 0 fully saturated rings. The lowest BCUT2D eigenvalue weighted by Gasteiger charge is -2.26. The van der Waals surface area contributed by atoms with Crippen LogP contribution >= 0.6 is 0 Å². The fourth-order valence-electron chi connectivity index (χ4n) is 2.48. The molecule has 0 aliphatic carbocycles. The Kier molecular flexibility index (Phi) is 4.02. The van der Waals surface area contributed by atoms with Crippen molar-refractivity contribution in [2.75, 3.05) is 7.05 Å². The fourth-order valence-corrected chi connectivity index (χ4v) is 2.48. The predicted molar refractivity (Wildman–Crippen MR) is 81.3 cm³/mol. The first-order valence-corrected chi connectivity index (χ1v) is 6.89. The van der Waals surface area contributed by atoms with Crippen LogP contribution in [0.4, 0.5) is 0 Å². The summed E-state index contributed by atoms with van der Waals surface area (Å²) >= 11 is 0. The van der Waals surface area contributed by atoms with Gasteiger partial charge in [0, 0.05) is 25.4 Å². The van der Waals surface area contributed by atoms with E-state index in [-0.39, 0.29) is 17.7 Å². The Bertz CT molecular complexity index is 676. The second-order valence-electron chi connectivity index (χ2n) is 5.32. The lowest BCUT2D eigenvalue weighted by Crippen LogP contribution is -2.30. The quantitative estimate of drug-likeness (QED) is 0.944. The van der Waals surface area contributed by atoms with Crippen molar-refractivity contribution in [3.63, 3.8) is 0 Å². The topological polar surface area (TPSA) is 58.4 Å². The molecule has 0 aliphatic heterocycles. The minimum Gasteiger partial charge on any atom is -0.508 e. The summed E-state index contributed by atoms with van der Waals surface area (Å²) in [5.74, 6) is 0.109. The number of phenolic OH excluding ortho intramolecular Hbond substituents is 1. The van der Waals surface area contributed by atoms with Gasteiger partial charge < -0.3 is 10.0 Å². The molecule has 5 nitrogen and oxygen atoms in total. The molecule has 5 heteroatoms. The Morgan fingerprint density at radius 1 is 1.33 bits per heavy atom. The van der Waals surface area contributed by atoms with Crippen molar-refractivity contribution < 1.29 is 9.90 Å². The monoisotopic (exact) mass is 287 g/mol. The maximum atomic E-state index is 12.7. The van der Waals surface area contributed by atoms with Crippen molar-refractivity contribution in [1.29, 1.82) is 0 Å². The average Bonchev–Trinajstić information content (AvgIpc) is 2.70. The van der Waals surface area contributed by atoms with Crippen LogP contribution in [-0.2, 0) is 7.05 Å². The molecule has 2 rings (SSSR count). The maximum Gasteiger partial charge on any atom is 0.257 e. The van der Waals surface area contributed by atoms with Crippen molar-refractivity contribution in [2.24, 2.45) is 7.05 Å². The van der Waals surface area contributed by atoms with Crippen molar-refractivity contribution in [2.45, 2.75) is 26.8 Å². The number of aromatic nitrogens is 2. The van der Waals surface area contributed by atoms with Gasteiger partial charge in [0.25, 0.3) is 5.91 Å². The van der Waals surface area contributed by atoms with E-state index in [4.69, 9.17) is 0 Å². The highest BCUT2D eigenvalue weighted by Crippen LogP contribution is 2.28. The molecule has 0 saturated heterocycles. The van der Waals surface area contributed by atoms with Gasteiger partial charge in [-0.3, -0.25) is 9.48 Å². The molecule has 1 N–H and O–H groups in total. The van der Waals surface area contributed by atoms with E-state index in [2.05, 4.69) is 5.10 Å². The van der Waals surface area contributed by atoms with E-state index in [9.17, 15) is 9.90 Å². The summed E-state index contributed by atoms with van der Waals surface area (Å²) in [6.45, 7) is 5.61. The maximum absolute atomic E-state index is 12.7. The molecule has 0 radical (unpaired) electrons. The second-order valence-corrected chi connectivity index (χ2v) is 5.32. The Hall–Kier alpha value is -2.30. The van der Waals surface area contributed by atoms with Gasteiger partial charge in [0.2, 0.25) is 0 Å². The largest absolute Gasteiger partial charge is 0.508 e. The molecule has 0 spiro atoms. The van der Waals surface area contributed by atoms with Crippen LogP contribution in [0.2, 0.25) is 0 Å². The number of carbonyl (C=O) groups is 1. The Labute approximate surface area is 124 Å². The van der Waals surface area contributed by atoms with E-state index in [1.807, 2.05) is 40.0 Å². The van der Waals surface area contributed by atoms with Crippen LogP contribution < -0.4 is 0 Å². The number of aromatic hydroxyl groups is 1. The molecule has 1 aromatic heterocycles. The van der Waals surface area contributed by atoms with Crippen molar-refractivity contribution in [3.8, 4) is 5.75 Å². The first-order chi connectivity index (χ1) is 9.84. The number of carbonyl (C=O) groups excluding carboxylic acids is 1. The van der Waals surface area contributed by atoms with E-state index in [1.54, 1.807) is 28.8 Å². The van der Waals surface area contributed by atoms with Gasteiger partial charge in [0.1, 0.15) is 5.75 Å². The number of nitrogens with zero attached hydrogens (tertiary/aromatic N) is 3. The third-order valence-corrected chi connectivity index (χ3v) is 4.01. The van der Waals surface area contributed by atoms with E-state index in [1.165, 1.54) is 0 Å². The summed E-state index contributed by atoms with van der Waals surface area (Å²) in [6.07, 6.45) is 0. The number of phenols is 1. The molecule has 1 aromatic carbocycles. The number of benzene rings is 1. The molecule has 1 heterocycles. The smallest absolute Gasteiger partial charge is 0.257 e. The molecule has 1 atom stereocenters. The lowest BCUT2D eigenvalue weighted by molar-refractivity contribution is 0.0739. The predicted octanol–water partition coefficient (Wildman–Crippen LogP) is 2.58. The molecular weight excluding hydrogens is 266 g/mol. The number of amides is 1. The second kappa shape index (κ2) is 5.60. The van der Waals surface area contributed by atoms with E-state index in [0.717, 1.165) is 17.0 Å². The summed E-state index contributed by atoms with van der Waals surface area (Å²) in [5, 5.41) is 14.2. The molecule has 1 amide bonds. The van der Waals surface area contributed by atoms with Gasteiger partial charge in [-0.15, -0.1) is 0 Å². The van der Waals surface area contributed by atoms with Crippen LogP contribution in [0.25, 0.3) is 0 Å². The van der Waals surface area contributed by atoms with Gasteiger partial charge in [-0.1, -0.05) is 18.2 Å². The number of para-hydroxylation sites is 1. The van der Waals surface area contributed by atoms with Crippen molar-refractivity contribution >= 4 is 5.91 Å². The summed E-state index contributed by atoms with van der Waals surface area (Å²) < 4.78 is 1.71. The summed E-state index contributed by atoms with van der Waals surface area (Å²) in [7, 11) is 3.57. The Morgan fingerprint density at radius 2 is 1.95 bits per heavy atom. The Balaban J connectivity index is 2.33.